The molecule has 96 valence electrons. The van der Waals surface area contributed by atoms with E-state index in [9.17, 15) is 10.1 Å². The molecule has 0 spiro atoms. The van der Waals surface area contributed by atoms with Crippen molar-refractivity contribution in [2.45, 2.75) is 18.9 Å². The fourth-order valence-corrected chi connectivity index (χ4v) is 2.39. The molecule has 0 fully saturated rings. The second kappa shape index (κ2) is 4.68. The third kappa shape index (κ3) is 2.14. The van der Waals surface area contributed by atoms with Crippen LogP contribution in [0, 0.1) is 10.1 Å². The number of aromatic nitrogens is 1. The third-order valence-electron chi connectivity index (χ3n) is 3.31. The van der Waals surface area contributed by atoms with Crippen molar-refractivity contribution in [1.82, 2.24) is 4.98 Å². The minimum Gasteiger partial charge on any atom is -0.380 e. The summed E-state index contributed by atoms with van der Waals surface area (Å²) in [5, 5.41) is 15.0. The molecule has 19 heavy (non-hydrogen) atoms. The number of nitro groups is 1. The van der Waals surface area contributed by atoms with Crippen LogP contribution in [0.4, 0.5) is 11.4 Å². The Labute approximate surface area is 110 Å². The summed E-state index contributed by atoms with van der Waals surface area (Å²) in [4.78, 5) is 14.9. The Kier molecular flexibility index (Phi) is 2.87. The lowest BCUT2D eigenvalue weighted by Gasteiger charge is -2.15. The Morgan fingerprint density at radius 3 is 2.79 bits per heavy atom. The summed E-state index contributed by atoms with van der Waals surface area (Å²) in [5.74, 6) is 0. The zero-order valence-corrected chi connectivity index (χ0v) is 10.2. The minimum atomic E-state index is -0.370. The molecule has 1 heterocycles. The Morgan fingerprint density at radius 2 is 2.05 bits per heavy atom. The Hall–Kier alpha value is -2.43. The van der Waals surface area contributed by atoms with Crippen LogP contribution in [0.25, 0.3) is 10.9 Å². The van der Waals surface area contributed by atoms with Crippen LogP contribution in [-0.2, 0) is 0 Å². The molecule has 0 atom stereocenters. The van der Waals surface area contributed by atoms with Gasteiger partial charge in [0.05, 0.1) is 16.0 Å². The van der Waals surface area contributed by atoms with Gasteiger partial charge in [-0.05, 0) is 31.0 Å². The zero-order valence-electron chi connectivity index (χ0n) is 10.2. The molecule has 0 saturated carbocycles. The molecule has 3 rings (SSSR count). The van der Waals surface area contributed by atoms with Crippen molar-refractivity contribution in [1.29, 1.82) is 0 Å². The van der Waals surface area contributed by atoms with Crippen molar-refractivity contribution >= 4 is 22.3 Å². The summed E-state index contributed by atoms with van der Waals surface area (Å²) in [6.07, 6.45) is 7.89. The highest BCUT2D eigenvalue weighted by Crippen LogP contribution is 2.31. The number of nitrogens with one attached hydrogen (secondary N) is 1. The number of benzene rings is 1. The van der Waals surface area contributed by atoms with Gasteiger partial charge < -0.3 is 5.32 Å². The van der Waals surface area contributed by atoms with Gasteiger partial charge in [0.1, 0.15) is 5.52 Å². The fourth-order valence-electron chi connectivity index (χ4n) is 2.39. The normalized spacial score (nSPS) is 14.9. The fraction of sp³-hybridized carbons (Fsp3) is 0.214. The first-order valence-electron chi connectivity index (χ1n) is 6.19. The Balaban J connectivity index is 2.05. The van der Waals surface area contributed by atoms with Crippen molar-refractivity contribution in [3.8, 4) is 0 Å². The molecule has 0 aliphatic heterocycles. The van der Waals surface area contributed by atoms with Gasteiger partial charge >= 0.3 is 0 Å². The predicted molar refractivity (Wildman–Crippen MR) is 74.2 cm³/mol. The van der Waals surface area contributed by atoms with Gasteiger partial charge in [0, 0.05) is 18.3 Å². The molecule has 0 bridgehead atoms. The van der Waals surface area contributed by atoms with Crippen LogP contribution in [0.5, 0.6) is 0 Å². The molecule has 1 aliphatic rings. The molecule has 5 nitrogen and oxygen atoms in total. The average Bonchev–Trinajstić information content (AvgIpc) is 2.91. The molecule has 1 aliphatic carbocycles. The van der Waals surface area contributed by atoms with Gasteiger partial charge in [0.25, 0.3) is 5.69 Å². The lowest BCUT2D eigenvalue weighted by atomic mass is 10.1. The van der Waals surface area contributed by atoms with Crippen molar-refractivity contribution in [3.63, 3.8) is 0 Å². The number of hydrogen-bond donors (Lipinski definition) is 1. The second-order valence-electron chi connectivity index (χ2n) is 4.57. The van der Waals surface area contributed by atoms with Gasteiger partial charge in [-0.25, -0.2) is 0 Å². The van der Waals surface area contributed by atoms with E-state index >= 15 is 0 Å². The number of nitro benzene ring substituents is 1. The van der Waals surface area contributed by atoms with Crippen LogP contribution in [0.15, 0.2) is 42.6 Å². The molecule has 1 N–H and O–H groups in total. The Bertz CT molecular complexity index is 659. The largest absolute Gasteiger partial charge is 0.380 e. The minimum absolute atomic E-state index is 0.0956. The molecule has 0 amide bonds. The first kappa shape index (κ1) is 11.6. The van der Waals surface area contributed by atoms with Gasteiger partial charge in [-0.15, -0.1) is 0 Å². The molecule has 0 radical (unpaired) electrons. The lowest BCUT2D eigenvalue weighted by molar-refractivity contribution is -0.383. The van der Waals surface area contributed by atoms with E-state index in [1.165, 1.54) is 6.07 Å². The summed E-state index contributed by atoms with van der Waals surface area (Å²) < 4.78 is 0. The number of hydrogen-bond acceptors (Lipinski definition) is 4. The van der Waals surface area contributed by atoms with Gasteiger partial charge in [-0.2, -0.15) is 0 Å². The van der Waals surface area contributed by atoms with Crippen molar-refractivity contribution in [3.05, 3.63) is 52.7 Å². The van der Waals surface area contributed by atoms with Gasteiger partial charge in [-0.1, -0.05) is 12.2 Å². The summed E-state index contributed by atoms with van der Waals surface area (Å²) in [6, 6.07) is 7.08. The summed E-state index contributed by atoms with van der Waals surface area (Å²) in [6.45, 7) is 0. The first-order chi connectivity index (χ1) is 9.25. The molecule has 1 aromatic carbocycles. The second-order valence-corrected chi connectivity index (χ2v) is 4.57. The Morgan fingerprint density at radius 1 is 1.26 bits per heavy atom. The molecule has 1 aromatic heterocycles. The highest BCUT2D eigenvalue weighted by molar-refractivity contribution is 5.96. The van der Waals surface area contributed by atoms with Crippen LogP contribution >= 0.6 is 0 Å². The van der Waals surface area contributed by atoms with E-state index in [4.69, 9.17) is 0 Å². The van der Waals surface area contributed by atoms with E-state index in [0.717, 1.165) is 18.5 Å². The van der Waals surface area contributed by atoms with Crippen molar-refractivity contribution < 1.29 is 4.92 Å². The smallest absolute Gasteiger partial charge is 0.278 e. The molecule has 5 heteroatoms. The van der Waals surface area contributed by atoms with E-state index in [-0.39, 0.29) is 10.6 Å². The van der Waals surface area contributed by atoms with Crippen LogP contribution in [0.3, 0.4) is 0 Å². The summed E-state index contributed by atoms with van der Waals surface area (Å²) in [7, 11) is 0. The standard InChI is InChI=1S/C14H13N3O2/c18-17(19)13-8-7-12(16-10-4-1-2-5-10)14-11(13)6-3-9-15-14/h1-3,6-10,16H,4-5H2. The van der Waals surface area contributed by atoms with Gasteiger partial charge in [0.2, 0.25) is 0 Å². The molecular formula is C14H13N3O2. The van der Waals surface area contributed by atoms with Crippen LogP contribution < -0.4 is 5.32 Å². The van der Waals surface area contributed by atoms with Gasteiger partial charge in [-0.3, -0.25) is 15.1 Å². The number of non-ortho nitro benzene ring substituents is 1. The highest BCUT2D eigenvalue weighted by atomic mass is 16.6. The summed E-state index contributed by atoms with van der Waals surface area (Å²) in [5.41, 5.74) is 1.61. The third-order valence-corrected chi connectivity index (χ3v) is 3.31. The highest BCUT2D eigenvalue weighted by Gasteiger charge is 2.17. The van der Waals surface area contributed by atoms with E-state index < -0.39 is 0 Å². The van der Waals surface area contributed by atoms with Crippen LogP contribution in [-0.4, -0.2) is 15.9 Å². The predicted octanol–water partition coefficient (Wildman–Crippen LogP) is 3.27. The topological polar surface area (TPSA) is 68.1 Å². The molecule has 0 saturated heterocycles. The van der Waals surface area contributed by atoms with Crippen molar-refractivity contribution in [2.75, 3.05) is 5.32 Å². The SMILES string of the molecule is O=[N+]([O-])c1ccc(NC2CC=CC2)c2ncccc12. The van der Waals surface area contributed by atoms with Gasteiger partial charge in [0.15, 0.2) is 0 Å². The monoisotopic (exact) mass is 255 g/mol. The van der Waals surface area contributed by atoms with E-state index in [2.05, 4.69) is 22.5 Å². The molecule has 0 unspecified atom stereocenters. The maximum atomic E-state index is 11.0. The number of fused-ring (bicyclic) bond motifs is 1. The maximum absolute atomic E-state index is 11.0. The molecular weight excluding hydrogens is 242 g/mol. The van der Waals surface area contributed by atoms with E-state index in [0.29, 0.717) is 16.9 Å². The number of rotatable bonds is 3. The van der Waals surface area contributed by atoms with E-state index in [1.54, 1.807) is 24.4 Å². The first-order valence-corrected chi connectivity index (χ1v) is 6.19. The summed E-state index contributed by atoms with van der Waals surface area (Å²) >= 11 is 0. The van der Waals surface area contributed by atoms with Crippen LogP contribution in [0.1, 0.15) is 12.8 Å². The van der Waals surface area contributed by atoms with E-state index in [1.807, 2.05) is 0 Å². The van der Waals surface area contributed by atoms with Crippen LogP contribution in [0.2, 0.25) is 0 Å². The quantitative estimate of drug-likeness (QED) is 0.519. The average molecular weight is 255 g/mol. The van der Waals surface area contributed by atoms with Crippen molar-refractivity contribution in [2.24, 2.45) is 0 Å². The number of anilines is 1. The maximum Gasteiger partial charge on any atom is 0.278 e. The number of nitrogens with zero attached hydrogens (tertiary/aromatic N) is 2. The molecule has 2 aromatic rings. The zero-order chi connectivity index (χ0) is 13.2. The number of pyridine rings is 1. The lowest BCUT2D eigenvalue weighted by Crippen LogP contribution is -2.15.